The molecule has 3 heterocycles. The van der Waals surface area contributed by atoms with Gasteiger partial charge in [-0.15, -0.1) is 0 Å². The van der Waals surface area contributed by atoms with Gasteiger partial charge in [-0.3, -0.25) is 14.6 Å². The maximum atomic E-state index is 13.1. The van der Waals surface area contributed by atoms with E-state index in [1.165, 1.54) is 42.5 Å². The van der Waals surface area contributed by atoms with Crippen LogP contribution < -0.4 is 14.9 Å². The third-order valence-corrected chi connectivity index (χ3v) is 8.61. The third kappa shape index (κ3) is 5.62. The number of hydrogen-bond donors (Lipinski definition) is 2. The monoisotopic (exact) mass is 519 g/mol. The molecule has 3 aliphatic rings. The second-order valence-electron chi connectivity index (χ2n) is 10.7. The van der Waals surface area contributed by atoms with Gasteiger partial charge in [-0.05, 0) is 92.8 Å². The maximum Gasteiger partial charge on any atom is 0.322 e. The molecule has 1 amide bonds. The Bertz CT molecular complexity index is 1330. The minimum atomic E-state index is -0.154. The Morgan fingerprint density at radius 1 is 1.19 bits per heavy atom. The van der Waals surface area contributed by atoms with Crippen LogP contribution in [-0.4, -0.2) is 51.7 Å². The number of nitrogens with one attached hydrogen (secondary N) is 2. The number of rotatable bonds is 8. The van der Waals surface area contributed by atoms with E-state index >= 15 is 0 Å². The highest BCUT2D eigenvalue weighted by Crippen LogP contribution is 2.34. The van der Waals surface area contributed by atoms with Crippen LogP contribution in [0.4, 0.5) is 0 Å². The van der Waals surface area contributed by atoms with Gasteiger partial charge >= 0.3 is 4.87 Å². The van der Waals surface area contributed by atoms with E-state index in [0.29, 0.717) is 12.2 Å². The summed E-state index contributed by atoms with van der Waals surface area (Å²) >= 11 is 1.14. The van der Waals surface area contributed by atoms with Crippen LogP contribution in [-0.2, 0) is 19.4 Å². The zero-order valence-corrected chi connectivity index (χ0v) is 22.0. The summed E-state index contributed by atoms with van der Waals surface area (Å²) < 4.78 is 6.11. The molecule has 1 aliphatic heterocycles. The molecule has 2 atom stereocenters. The van der Waals surface area contributed by atoms with Gasteiger partial charge in [0.2, 0.25) is 0 Å². The first-order valence-corrected chi connectivity index (χ1v) is 14.1. The van der Waals surface area contributed by atoms with Gasteiger partial charge in [0.1, 0.15) is 17.4 Å². The molecule has 1 saturated carbocycles. The van der Waals surface area contributed by atoms with Gasteiger partial charge in [-0.1, -0.05) is 11.3 Å². The number of aromatic nitrogens is 3. The van der Waals surface area contributed by atoms with Crippen molar-refractivity contribution in [1.82, 2.24) is 25.4 Å². The number of likely N-dealkylation sites (tertiary alicyclic amines) is 1. The number of pyridine rings is 1. The van der Waals surface area contributed by atoms with Crippen LogP contribution in [0, 0.1) is 12.8 Å². The van der Waals surface area contributed by atoms with Crippen LogP contribution >= 0.6 is 11.3 Å². The number of fused-ring (bicyclic) bond motifs is 1. The molecule has 2 aromatic heterocycles. The van der Waals surface area contributed by atoms with E-state index in [4.69, 9.17) is 9.72 Å². The molecule has 0 spiro atoms. The Labute approximate surface area is 220 Å². The highest BCUT2D eigenvalue weighted by Gasteiger charge is 2.39. The van der Waals surface area contributed by atoms with Gasteiger partial charge in [-0.25, -0.2) is 5.10 Å². The highest BCUT2D eigenvalue weighted by atomic mass is 32.1. The van der Waals surface area contributed by atoms with Crippen molar-refractivity contribution in [2.24, 2.45) is 5.92 Å². The van der Waals surface area contributed by atoms with Crippen molar-refractivity contribution in [2.75, 3.05) is 19.6 Å². The largest absolute Gasteiger partial charge is 0.489 e. The van der Waals surface area contributed by atoms with Crippen molar-refractivity contribution in [1.29, 1.82) is 0 Å². The van der Waals surface area contributed by atoms with Crippen LogP contribution in [0.2, 0.25) is 0 Å². The maximum absolute atomic E-state index is 13.1. The molecule has 37 heavy (non-hydrogen) atoms. The van der Waals surface area contributed by atoms with Crippen molar-refractivity contribution < 1.29 is 9.53 Å². The van der Waals surface area contributed by atoms with E-state index in [2.05, 4.69) is 26.5 Å². The lowest BCUT2D eigenvalue weighted by atomic mass is 9.92. The topological polar surface area (TPSA) is 100 Å². The fourth-order valence-electron chi connectivity index (χ4n) is 5.68. The molecular weight excluding hydrogens is 486 g/mol. The van der Waals surface area contributed by atoms with Crippen molar-refractivity contribution >= 4 is 17.2 Å². The molecule has 2 N–H and O–H groups in total. The molecule has 0 unspecified atom stereocenters. The molecule has 2 fully saturated rings. The Morgan fingerprint density at radius 2 is 2.00 bits per heavy atom. The molecule has 0 radical (unpaired) electrons. The fraction of sp³-hybridized carbons (Fsp3) is 0.500. The first kappa shape index (κ1) is 24.3. The quantitative estimate of drug-likeness (QED) is 0.472. The molecule has 9 heteroatoms. The fourth-order valence-corrected chi connectivity index (χ4v) is 6.45. The predicted molar refractivity (Wildman–Crippen MR) is 142 cm³/mol. The zero-order chi connectivity index (χ0) is 25.4. The average molecular weight is 520 g/mol. The number of nitrogens with zero attached hydrogens (tertiary/aromatic N) is 3. The molecule has 1 aromatic carbocycles. The molecule has 3 aromatic rings. The van der Waals surface area contributed by atoms with Gasteiger partial charge in [0.25, 0.3) is 5.91 Å². The number of benzene rings is 1. The molecule has 8 nitrogen and oxygen atoms in total. The molecule has 194 valence electrons. The van der Waals surface area contributed by atoms with Crippen LogP contribution in [0.1, 0.15) is 69.5 Å². The summed E-state index contributed by atoms with van der Waals surface area (Å²) in [7, 11) is 0. The van der Waals surface area contributed by atoms with E-state index < -0.39 is 0 Å². The Balaban J connectivity index is 1.10. The predicted octanol–water partition coefficient (Wildman–Crippen LogP) is 3.60. The van der Waals surface area contributed by atoms with Crippen LogP contribution in [0.25, 0.3) is 0 Å². The smallest absolute Gasteiger partial charge is 0.322 e. The minimum Gasteiger partial charge on any atom is -0.489 e. The van der Waals surface area contributed by atoms with E-state index in [0.717, 1.165) is 66.2 Å². The summed E-state index contributed by atoms with van der Waals surface area (Å²) in [5, 5.41) is 10.7. The van der Waals surface area contributed by atoms with E-state index in [9.17, 15) is 9.59 Å². The number of aryl methyl sites for hydroxylation is 2. The SMILES string of the molecule is Cc1cc(COc2ccc(C(=O)N[C@@H]3CN(CC4CC4)C[C@@H]3c3n[nH]c(=O)s3)cc2)c2c(n1)CCCC2. The number of H-pyrrole nitrogens is 1. The Kier molecular flexibility index (Phi) is 6.82. The standard InChI is InChI=1S/C28H33N5O3S/c1-17-12-20(22-4-2-3-5-24(22)29-17)16-36-21-10-8-19(9-11-21)26(34)30-25-15-33(13-18-6-7-18)14-23(25)27-31-32-28(35)37-27/h8-12,18,23,25H,2-7,13-16H2,1H3,(H,30,34)(H,32,35)/t23-,25+/m0/s1. The lowest BCUT2D eigenvalue weighted by Gasteiger charge is -2.20. The van der Waals surface area contributed by atoms with Crippen molar-refractivity contribution in [3.63, 3.8) is 0 Å². The van der Waals surface area contributed by atoms with Crippen LogP contribution in [0.3, 0.4) is 0 Å². The second-order valence-corrected chi connectivity index (χ2v) is 11.7. The Morgan fingerprint density at radius 3 is 2.76 bits per heavy atom. The number of amides is 1. The number of hydrogen-bond acceptors (Lipinski definition) is 7. The van der Waals surface area contributed by atoms with Crippen LogP contribution in [0.5, 0.6) is 5.75 Å². The number of aromatic amines is 1. The summed E-state index contributed by atoms with van der Waals surface area (Å²) in [6.45, 7) is 5.18. The van der Waals surface area contributed by atoms with Gasteiger partial charge in [-0.2, -0.15) is 5.10 Å². The highest BCUT2D eigenvalue weighted by molar-refractivity contribution is 7.08. The zero-order valence-electron chi connectivity index (χ0n) is 21.2. The number of carbonyl (C=O) groups excluding carboxylic acids is 1. The number of carbonyl (C=O) groups is 1. The normalized spacial score (nSPS) is 21.5. The first-order valence-electron chi connectivity index (χ1n) is 13.3. The van der Waals surface area contributed by atoms with Gasteiger partial charge < -0.3 is 15.0 Å². The van der Waals surface area contributed by atoms with E-state index in [1.54, 1.807) is 0 Å². The average Bonchev–Trinajstić information content (AvgIpc) is 3.47. The second kappa shape index (κ2) is 10.4. The molecule has 0 bridgehead atoms. The van der Waals surface area contributed by atoms with Crippen molar-refractivity contribution in [3.05, 3.63) is 73.1 Å². The molecule has 1 saturated heterocycles. The summed E-state index contributed by atoms with van der Waals surface area (Å²) in [6.07, 6.45) is 7.09. The molecular formula is C28H33N5O3S. The lowest BCUT2D eigenvalue weighted by Crippen LogP contribution is -2.40. The Hall–Kier alpha value is -3.04. The summed E-state index contributed by atoms with van der Waals surface area (Å²) in [4.78, 5) is 31.8. The third-order valence-electron chi connectivity index (χ3n) is 7.73. The van der Waals surface area contributed by atoms with Gasteiger partial charge in [0.15, 0.2) is 0 Å². The summed E-state index contributed by atoms with van der Waals surface area (Å²) in [5.41, 5.74) is 5.41. The number of ether oxygens (including phenoxy) is 1. The molecule has 2 aliphatic carbocycles. The van der Waals surface area contributed by atoms with Crippen molar-refractivity contribution in [2.45, 2.75) is 64.0 Å². The summed E-state index contributed by atoms with van der Waals surface area (Å²) in [6, 6.07) is 9.41. The van der Waals surface area contributed by atoms with Crippen molar-refractivity contribution in [3.8, 4) is 5.75 Å². The van der Waals surface area contributed by atoms with Gasteiger partial charge in [0, 0.05) is 42.5 Å². The first-order chi connectivity index (χ1) is 18.0. The van der Waals surface area contributed by atoms with E-state index in [1.807, 2.05) is 31.2 Å². The van der Waals surface area contributed by atoms with Gasteiger partial charge in [0.05, 0.1) is 6.04 Å². The molecule has 6 rings (SSSR count). The minimum absolute atomic E-state index is 0.0176. The van der Waals surface area contributed by atoms with Crippen LogP contribution in [0.15, 0.2) is 35.1 Å². The van der Waals surface area contributed by atoms with E-state index in [-0.39, 0.29) is 22.7 Å². The lowest BCUT2D eigenvalue weighted by molar-refractivity contribution is 0.0935. The summed E-state index contributed by atoms with van der Waals surface area (Å²) in [5.74, 6) is 1.41.